The summed E-state index contributed by atoms with van der Waals surface area (Å²) in [5, 5.41) is 41.2. The Bertz CT molecular complexity index is 1190. The van der Waals surface area contributed by atoms with Crippen molar-refractivity contribution in [3.63, 3.8) is 0 Å². The number of rotatable bonds is 7. The summed E-state index contributed by atoms with van der Waals surface area (Å²) in [7, 11) is 2.48. The average Bonchev–Trinajstić information content (AvgIpc) is 2.74. The van der Waals surface area contributed by atoms with Gasteiger partial charge in [0.2, 0.25) is 5.75 Å². The summed E-state index contributed by atoms with van der Waals surface area (Å²) in [5.41, 5.74) is -0.715. The number of benzene rings is 2. The quantitative estimate of drug-likeness (QED) is 0.213. The van der Waals surface area contributed by atoms with Crippen molar-refractivity contribution >= 4 is 23.0 Å². The number of halogens is 1. The molecule has 2 aromatic rings. The van der Waals surface area contributed by atoms with Gasteiger partial charge in [-0.05, 0) is 30.7 Å². The van der Waals surface area contributed by atoms with E-state index in [9.17, 15) is 34.8 Å². The van der Waals surface area contributed by atoms with Gasteiger partial charge in [0.15, 0.2) is 11.3 Å². The lowest BCUT2D eigenvalue weighted by Crippen LogP contribution is -2.37. The number of ether oxygens (including phenoxy) is 1. The van der Waals surface area contributed by atoms with E-state index >= 15 is 0 Å². The van der Waals surface area contributed by atoms with E-state index in [4.69, 9.17) is 4.74 Å². The number of phenols is 1. The second-order valence-corrected chi connectivity index (χ2v) is 7.42. The zero-order chi connectivity index (χ0) is 24.3. The van der Waals surface area contributed by atoms with Crippen LogP contribution in [-0.2, 0) is 11.3 Å². The van der Waals surface area contributed by atoms with Crippen LogP contribution in [0.4, 0.5) is 15.8 Å². The average molecular weight is 456 g/mol. The SMILES string of the molecule is COc1cc(/C(O)=C(\C#N)C(=O)N(C)Cc2cc(N3CCC3)ccc2F)cc([N+](=O)[O-])c1O. The fourth-order valence-corrected chi connectivity index (χ4v) is 3.34. The van der Waals surface area contributed by atoms with Gasteiger partial charge in [-0.25, -0.2) is 4.39 Å². The summed E-state index contributed by atoms with van der Waals surface area (Å²) >= 11 is 0. The van der Waals surface area contributed by atoms with E-state index in [-0.39, 0.29) is 23.4 Å². The number of methoxy groups -OCH3 is 1. The highest BCUT2D eigenvalue weighted by Gasteiger charge is 2.26. The molecule has 0 saturated carbocycles. The van der Waals surface area contributed by atoms with E-state index in [0.717, 1.165) is 49.3 Å². The maximum Gasteiger partial charge on any atom is 0.315 e. The van der Waals surface area contributed by atoms with Crippen molar-refractivity contribution in [2.24, 2.45) is 0 Å². The fourth-order valence-electron chi connectivity index (χ4n) is 3.34. The molecule has 0 radical (unpaired) electrons. The molecule has 2 N–H and O–H groups in total. The monoisotopic (exact) mass is 456 g/mol. The van der Waals surface area contributed by atoms with Gasteiger partial charge < -0.3 is 24.7 Å². The molecule has 0 spiro atoms. The van der Waals surface area contributed by atoms with Crippen molar-refractivity contribution < 1.29 is 29.1 Å². The van der Waals surface area contributed by atoms with Gasteiger partial charge in [-0.2, -0.15) is 5.26 Å². The third-order valence-electron chi connectivity index (χ3n) is 5.31. The van der Waals surface area contributed by atoms with Crippen LogP contribution in [0.2, 0.25) is 0 Å². The summed E-state index contributed by atoms with van der Waals surface area (Å²) < 4.78 is 19.2. The van der Waals surface area contributed by atoms with Crippen molar-refractivity contribution in [3.8, 4) is 17.6 Å². The summed E-state index contributed by atoms with van der Waals surface area (Å²) in [6.45, 7) is 1.54. The number of aliphatic hydroxyl groups is 1. The lowest BCUT2D eigenvalue weighted by Gasteiger charge is -2.33. The maximum atomic E-state index is 14.3. The first kappa shape index (κ1) is 23.3. The second-order valence-electron chi connectivity index (χ2n) is 7.42. The molecule has 0 bridgehead atoms. The number of amides is 1. The molecule has 1 aliphatic rings. The van der Waals surface area contributed by atoms with Crippen LogP contribution in [0.3, 0.4) is 0 Å². The Morgan fingerprint density at radius 2 is 2.06 bits per heavy atom. The minimum Gasteiger partial charge on any atom is -0.506 e. The van der Waals surface area contributed by atoms with Crippen LogP contribution in [-0.4, -0.2) is 53.2 Å². The first-order chi connectivity index (χ1) is 15.7. The third-order valence-corrected chi connectivity index (χ3v) is 5.31. The smallest absolute Gasteiger partial charge is 0.315 e. The number of likely N-dealkylation sites (N-methyl/N-ethyl adjacent to an activating group) is 1. The Labute approximate surface area is 188 Å². The molecule has 0 aliphatic carbocycles. The molecule has 1 aliphatic heterocycles. The van der Waals surface area contributed by atoms with Gasteiger partial charge in [-0.15, -0.1) is 0 Å². The molecule has 1 saturated heterocycles. The van der Waals surface area contributed by atoms with E-state index in [0.29, 0.717) is 0 Å². The third kappa shape index (κ3) is 4.64. The van der Waals surface area contributed by atoms with E-state index in [2.05, 4.69) is 4.90 Å². The molecule has 1 fully saturated rings. The summed E-state index contributed by atoms with van der Waals surface area (Å²) in [6.07, 6.45) is 1.04. The first-order valence-electron chi connectivity index (χ1n) is 9.85. The van der Waals surface area contributed by atoms with Crippen molar-refractivity contribution in [3.05, 3.63) is 63.0 Å². The van der Waals surface area contributed by atoms with Gasteiger partial charge in [0.25, 0.3) is 5.91 Å². The van der Waals surface area contributed by atoms with Crippen LogP contribution >= 0.6 is 0 Å². The number of nitriles is 1. The highest BCUT2D eigenvalue weighted by atomic mass is 19.1. The van der Waals surface area contributed by atoms with Crippen molar-refractivity contribution in [1.82, 2.24) is 4.90 Å². The molecule has 1 amide bonds. The fraction of sp³-hybridized carbons (Fsp3) is 0.273. The van der Waals surface area contributed by atoms with Crippen molar-refractivity contribution in [1.29, 1.82) is 5.26 Å². The summed E-state index contributed by atoms with van der Waals surface area (Å²) in [6, 6.07) is 8.05. The number of nitrogens with zero attached hydrogens (tertiary/aromatic N) is 4. The number of nitro groups is 1. The minimum absolute atomic E-state index is 0.177. The number of phenolic OH excluding ortho intramolecular Hbond substituents is 1. The van der Waals surface area contributed by atoms with E-state index in [1.165, 1.54) is 13.1 Å². The second kappa shape index (κ2) is 9.44. The van der Waals surface area contributed by atoms with E-state index < -0.39 is 39.4 Å². The van der Waals surface area contributed by atoms with Crippen LogP contribution in [0.1, 0.15) is 17.5 Å². The number of aromatic hydroxyl groups is 1. The Morgan fingerprint density at radius 3 is 2.61 bits per heavy atom. The number of hydrogen-bond acceptors (Lipinski definition) is 8. The first-order valence-corrected chi connectivity index (χ1v) is 9.85. The van der Waals surface area contributed by atoms with Gasteiger partial charge in [0.05, 0.1) is 12.0 Å². The zero-order valence-electron chi connectivity index (χ0n) is 17.9. The normalized spacial score (nSPS) is 13.5. The highest BCUT2D eigenvalue weighted by molar-refractivity contribution is 6.03. The Balaban J connectivity index is 1.93. The lowest BCUT2D eigenvalue weighted by atomic mass is 10.1. The number of nitro benzene ring substituents is 1. The summed E-state index contributed by atoms with van der Waals surface area (Å²) in [5.74, 6) is -3.37. The van der Waals surface area contributed by atoms with Crippen LogP contribution < -0.4 is 9.64 Å². The topological polar surface area (TPSA) is 140 Å². The zero-order valence-corrected chi connectivity index (χ0v) is 17.9. The molecular weight excluding hydrogens is 435 g/mol. The number of hydrogen-bond donors (Lipinski definition) is 2. The number of anilines is 1. The van der Waals surface area contributed by atoms with Gasteiger partial charge in [0, 0.05) is 49.6 Å². The number of aliphatic hydroxyl groups excluding tert-OH is 1. The molecular formula is C22H21FN4O6. The molecule has 1 heterocycles. The van der Waals surface area contributed by atoms with Crippen LogP contribution in [0.5, 0.6) is 11.5 Å². The predicted octanol–water partition coefficient (Wildman–Crippen LogP) is 3.11. The van der Waals surface area contributed by atoms with E-state index in [1.807, 2.05) is 0 Å². The minimum atomic E-state index is -0.918. The Kier molecular flexibility index (Phi) is 6.67. The van der Waals surface area contributed by atoms with Crippen molar-refractivity contribution in [2.75, 3.05) is 32.1 Å². The molecule has 2 aromatic carbocycles. The molecule has 10 nitrogen and oxygen atoms in total. The lowest BCUT2D eigenvalue weighted by molar-refractivity contribution is -0.386. The molecule has 11 heteroatoms. The Morgan fingerprint density at radius 1 is 1.36 bits per heavy atom. The van der Waals surface area contributed by atoms with Gasteiger partial charge in [-0.3, -0.25) is 14.9 Å². The molecule has 3 rings (SSSR count). The summed E-state index contributed by atoms with van der Waals surface area (Å²) in [4.78, 5) is 26.3. The molecule has 0 aromatic heterocycles. The van der Waals surface area contributed by atoms with E-state index in [1.54, 1.807) is 18.2 Å². The Hall–Kier alpha value is -4.33. The highest BCUT2D eigenvalue weighted by Crippen LogP contribution is 2.39. The van der Waals surface area contributed by atoms with Gasteiger partial charge in [0.1, 0.15) is 17.6 Å². The molecule has 0 atom stereocenters. The van der Waals surface area contributed by atoms with Gasteiger partial charge >= 0.3 is 5.69 Å². The predicted molar refractivity (Wildman–Crippen MR) is 116 cm³/mol. The van der Waals surface area contributed by atoms with Crippen LogP contribution in [0.25, 0.3) is 5.76 Å². The standard InChI is InChI=1S/C22H21FN4O6/c1-25(12-14-8-15(4-5-17(14)23)26-6-3-7-26)22(30)16(11-24)20(28)13-9-18(27(31)32)21(29)19(10-13)33-2/h4-5,8-10,28-29H,3,6-7,12H2,1-2H3/b20-16-. The van der Waals surface area contributed by atoms with Gasteiger partial charge in [-0.1, -0.05) is 0 Å². The van der Waals surface area contributed by atoms with Crippen LogP contribution in [0.15, 0.2) is 35.9 Å². The van der Waals surface area contributed by atoms with Crippen molar-refractivity contribution in [2.45, 2.75) is 13.0 Å². The largest absolute Gasteiger partial charge is 0.506 e. The maximum absolute atomic E-state index is 14.3. The molecule has 33 heavy (non-hydrogen) atoms. The number of carbonyl (C=O) groups is 1. The molecule has 0 unspecified atom stereocenters. The number of carbonyl (C=O) groups excluding carboxylic acids is 1. The molecule has 172 valence electrons. The van der Waals surface area contributed by atoms with Crippen LogP contribution in [0, 0.1) is 27.3 Å².